The van der Waals surface area contributed by atoms with Gasteiger partial charge in [0.2, 0.25) is 0 Å². The van der Waals surface area contributed by atoms with Crippen LogP contribution in [0.3, 0.4) is 0 Å². The lowest BCUT2D eigenvalue weighted by Crippen LogP contribution is -2.27. The molecule has 0 saturated carbocycles. The van der Waals surface area contributed by atoms with Gasteiger partial charge in [0.05, 0.1) is 6.10 Å². The Balaban J connectivity index is 2.42. The zero-order valence-electron chi connectivity index (χ0n) is 10.6. The molecule has 2 nitrogen and oxygen atoms in total. The quantitative estimate of drug-likeness (QED) is 0.727. The fraction of sp³-hybridized carbons (Fsp3) is 0.571. The summed E-state index contributed by atoms with van der Waals surface area (Å²) in [6, 6.07) is 6.52. The average molecular weight is 219 g/mol. The van der Waals surface area contributed by atoms with Gasteiger partial charge in [0.1, 0.15) is 5.75 Å². The molecule has 0 fully saturated rings. The number of rotatable bonds is 0. The molecule has 88 valence electrons. The van der Waals surface area contributed by atoms with Crippen molar-refractivity contribution in [3.8, 4) is 5.75 Å². The third-order valence-electron chi connectivity index (χ3n) is 3.19. The minimum absolute atomic E-state index is 0.112. The number of hydrogen-bond acceptors (Lipinski definition) is 2. The van der Waals surface area contributed by atoms with Crippen molar-refractivity contribution >= 4 is 0 Å². The van der Waals surface area contributed by atoms with E-state index in [-0.39, 0.29) is 17.6 Å². The van der Waals surface area contributed by atoms with E-state index in [1.807, 2.05) is 0 Å². The van der Waals surface area contributed by atoms with E-state index >= 15 is 0 Å². The van der Waals surface area contributed by atoms with E-state index in [0.717, 1.165) is 17.7 Å². The van der Waals surface area contributed by atoms with Crippen LogP contribution < -0.4 is 10.5 Å². The molecular formula is C14H21NO. The van der Waals surface area contributed by atoms with Crippen LogP contribution in [0.25, 0.3) is 0 Å². The van der Waals surface area contributed by atoms with Gasteiger partial charge in [-0.15, -0.1) is 0 Å². The van der Waals surface area contributed by atoms with Gasteiger partial charge in [0, 0.05) is 18.0 Å². The molecule has 0 amide bonds. The fourth-order valence-electron chi connectivity index (χ4n) is 2.16. The highest BCUT2D eigenvalue weighted by atomic mass is 16.5. The summed E-state index contributed by atoms with van der Waals surface area (Å²) in [5.74, 6) is 0.958. The van der Waals surface area contributed by atoms with Crippen LogP contribution in [0.5, 0.6) is 5.75 Å². The largest absolute Gasteiger partial charge is 0.490 e. The second-order valence-electron chi connectivity index (χ2n) is 5.77. The van der Waals surface area contributed by atoms with Crippen molar-refractivity contribution in [2.75, 3.05) is 0 Å². The van der Waals surface area contributed by atoms with Crippen LogP contribution in [0.15, 0.2) is 18.2 Å². The zero-order valence-corrected chi connectivity index (χ0v) is 10.6. The predicted molar refractivity (Wildman–Crippen MR) is 66.8 cm³/mol. The number of benzene rings is 1. The topological polar surface area (TPSA) is 35.2 Å². The zero-order chi connectivity index (χ0) is 11.9. The van der Waals surface area contributed by atoms with Gasteiger partial charge in [-0.25, -0.2) is 0 Å². The molecule has 1 aliphatic rings. The number of nitrogens with two attached hydrogens (primary N) is 1. The molecule has 2 rings (SSSR count). The highest BCUT2D eigenvalue weighted by Crippen LogP contribution is 2.36. The summed E-state index contributed by atoms with van der Waals surface area (Å²) < 4.78 is 5.79. The Hall–Kier alpha value is -1.02. The molecule has 16 heavy (non-hydrogen) atoms. The molecule has 1 aromatic rings. The van der Waals surface area contributed by atoms with Gasteiger partial charge >= 0.3 is 0 Å². The Morgan fingerprint density at radius 3 is 2.62 bits per heavy atom. The molecule has 0 spiro atoms. The molecule has 2 unspecified atom stereocenters. The molecule has 1 aliphatic heterocycles. The first kappa shape index (κ1) is 11.5. The Bertz CT molecular complexity index is 392. The van der Waals surface area contributed by atoms with E-state index in [2.05, 4.69) is 45.9 Å². The molecule has 2 N–H and O–H groups in total. The van der Waals surface area contributed by atoms with Crippen LogP contribution >= 0.6 is 0 Å². The van der Waals surface area contributed by atoms with Gasteiger partial charge in [-0.05, 0) is 24.0 Å². The van der Waals surface area contributed by atoms with Crippen molar-refractivity contribution in [1.82, 2.24) is 0 Å². The van der Waals surface area contributed by atoms with Crippen molar-refractivity contribution < 1.29 is 4.74 Å². The van der Waals surface area contributed by atoms with E-state index in [0.29, 0.717) is 0 Å². The molecule has 0 bridgehead atoms. The number of hydrogen-bond donors (Lipinski definition) is 1. The number of fused-ring (bicyclic) bond motifs is 1. The first-order chi connectivity index (χ1) is 7.38. The lowest BCUT2D eigenvalue weighted by molar-refractivity contribution is 0.177. The van der Waals surface area contributed by atoms with Crippen LogP contribution in [0.1, 0.15) is 51.3 Å². The second-order valence-corrected chi connectivity index (χ2v) is 5.77. The monoisotopic (exact) mass is 219 g/mol. The normalized spacial score (nSPS) is 24.8. The summed E-state index contributed by atoms with van der Waals surface area (Å²) in [5.41, 5.74) is 8.81. The minimum Gasteiger partial charge on any atom is -0.490 e. The third-order valence-corrected chi connectivity index (χ3v) is 3.19. The molecule has 2 heteroatoms. The summed E-state index contributed by atoms with van der Waals surface area (Å²) in [5, 5.41) is 0. The third kappa shape index (κ3) is 2.07. The standard InChI is InChI=1S/C14H21NO/c1-9-7-12(15)11-8-10(14(2,3)4)5-6-13(11)16-9/h5-6,8-9,12H,7,15H2,1-4H3. The van der Waals surface area contributed by atoms with Gasteiger partial charge in [0.25, 0.3) is 0 Å². The van der Waals surface area contributed by atoms with E-state index < -0.39 is 0 Å². The van der Waals surface area contributed by atoms with Gasteiger partial charge in [0.15, 0.2) is 0 Å². The smallest absolute Gasteiger partial charge is 0.124 e. The first-order valence-electron chi connectivity index (χ1n) is 5.94. The Morgan fingerprint density at radius 2 is 2.00 bits per heavy atom. The maximum Gasteiger partial charge on any atom is 0.124 e. The van der Waals surface area contributed by atoms with Crippen LogP contribution in [0.4, 0.5) is 0 Å². The molecule has 1 aromatic carbocycles. The van der Waals surface area contributed by atoms with Gasteiger partial charge in [-0.1, -0.05) is 32.9 Å². The summed E-state index contributed by atoms with van der Waals surface area (Å²) in [6.07, 6.45) is 1.13. The van der Waals surface area contributed by atoms with Gasteiger partial charge < -0.3 is 10.5 Å². The van der Waals surface area contributed by atoms with Crippen LogP contribution in [-0.2, 0) is 5.41 Å². The highest BCUT2D eigenvalue weighted by molar-refractivity contribution is 5.42. The van der Waals surface area contributed by atoms with Crippen molar-refractivity contribution in [2.24, 2.45) is 5.73 Å². The van der Waals surface area contributed by atoms with Crippen molar-refractivity contribution in [3.05, 3.63) is 29.3 Å². The van der Waals surface area contributed by atoms with Gasteiger partial charge in [-0.3, -0.25) is 0 Å². The fourth-order valence-corrected chi connectivity index (χ4v) is 2.16. The SMILES string of the molecule is CC1CC(N)c2cc(C(C)(C)C)ccc2O1. The van der Waals surface area contributed by atoms with Crippen LogP contribution in [0, 0.1) is 0 Å². The molecule has 0 radical (unpaired) electrons. The van der Waals surface area contributed by atoms with Crippen LogP contribution in [-0.4, -0.2) is 6.10 Å². The van der Waals surface area contributed by atoms with Crippen molar-refractivity contribution in [2.45, 2.75) is 51.7 Å². The second kappa shape index (κ2) is 3.77. The molecule has 1 heterocycles. The number of ether oxygens (including phenoxy) is 1. The molecular weight excluding hydrogens is 198 g/mol. The summed E-state index contributed by atoms with van der Waals surface area (Å²) in [6.45, 7) is 8.71. The average Bonchev–Trinajstić information content (AvgIpc) is 2.15. The molecule has 0 saturated heterocycles. The molecule has 0 aliphatic carbocycles. The van der Waals surface area contributed by atoms with Gasteiger partial charge in [-0.2, -0.15) is 0 Å². The Morgan fingerprint density at radius 1 is 1.31 bits per heavy atom. The predicted octanol–water partition coefficient (Wildman–Crippen LogP) is 3.15. The Kier molecular flexibility index (Phi) is 2.70. The van der Waals surface area contributed by atoms with E-state index in [9.17, 15) is 0 Å². The summed E-state index contributed by atoms with van der Waals surface area (Å²) in [4.78, 5) is 0. The Labute approximate surface area is 97.8 Å². The van der Waals surface area contributed by atoms with E-state index in [1.54, 1.807) is 0 Å². The molecule has 0 aromatic heterocycles. The summed E-state index contributed by atoms with van der Waals surface area (Å²) >= 11 is 0. The lowest BCUT2D eigenvalue weighted by Gasteiger charge is -2.30. The maximum absolute atomic E-state index is 6.17. The van der Waals surface area contributed by atoms with E-state index in [4.69, 9.17) is 10.5 Å². The molecule has 2 atom stereocenters. The summed E-state index contributed by atoms with van der Waals surface area (Å²) in [7, 11) is 0. The lowest BCUT2D eigenvalue weighted by atomic mass is 9.84. The highest BCUT2D eigenvalue weighted by Gasteiger charge is 2.25. The van der Waals surface area contributed by atoms with Crippen LogP contribution in [0.2, 0.25) is 0 Å². The maximum atomic E-state index is 6.17. The van der Waals surface area contributed by atoms with E-state index in [1.165, 1.54) is 5.56 Å². The van der Waals surface area contributed by atoms with Crippen molar-refractivity contribution in [3.63, 3.8) is 0 Å². The minimum atomic E-state index is 0.112. The van der Waals surface area contributed by atoms with Crippen molar-refractivity contribution in [1.29, 1.82) is 0 Å². The first-order valence-corrected chi connectivity index (χ1v) is 5.94.